The van der Waals surface area contributed by atoms with Crippen LogP contribution in [-0.2, 0) is 15.6 Å². The highest BCUT2D eigenvalue weighted by Crippen LogP contribution is 2.32. The molecule has 0 bridgehead atoms. The van der Waals surface area contributed by atoms with Gasteiger partial charge < -0.3 is 0 Å². The fourth-order valence-corrected chi connectivity index (χ4v) is 1.93. The molecule has 2 aromatic carbocycles. The topological polar surface area (TPSA) is 29.5 Å². The summed E-state index contributed by atoms with van der Waals surface area (Å²) in [6, 6.07) is 14.9. The summed E-state index contributed by atoms with van der Waals surface area (Å²) in [5, 5.41) is 0.523. The van der Waals surface area contributed by atoms with Gasteiger partial charge in [-0.1, -0.05) is 48.5 Å². The molecular weight excluding hydrogens is 276 g/mol. The van der Waals surface area contributed by atoms with E-state index in [1.807, 2.05) is 30.3 Å². The van der Waals surface area contributed by atoms with E-state index in [1.165, 1.54) is 18.2 Å². The average molecular weight is 291 g/mol. The zero-order chi connectivity index (χ0) is 15.5. The van der Waals surface area contributed by atoms with E-state index in [9.17, 15) is 13.6 Å². The van der Waals surface area contributed by atoms with E-state index in [0.717, 1.165) is 19.7 Å². The molecular formula is C16H15F2NO2. The fourth-order valence-electron chi connectivity index (χ4n) is 1.93. The van der Waals surface area contributed by atoms with Crippen LogP contribution in [0.3, 0.4) is 0 Å². The van der Waals surface area contributed by atoms with Gasteiger partial charge in [0.2, 0.25) is 0 Å². The Bertz CT molecular complexity index is 629. The Kier molecular flexibility index (Phi) is 4.33. The third kappa shape index (κ3) is 3.08. The molecule has 0 spiro atoms. The van der Waals surface area contributed by atoms with Crippen molar-refractivity contribution in [3.63, 3.8) is 0 Å². The van der Waals surface area contributed by atoms with Crippen molar-refractivity contribution >= 4 is 5.91 Å². The Balaban J connectivity index is 2.39. The Morgan fingerprint density at radius 2 is 1.67 bits per heavy atom. The van der Waals surface area contributed by atoms with E-state index >= 15 is 0 Å². The Hall–Kier alpha value is -2.27. The molecule has 0 N–H and O–H groups in total. The van der Waals surface area contributed by atoms with E-state index in [0.29, 0.717) is 10.6 Å². The number of hydrogen-bond donors (Lipinski definition) is 0. The lowest BCUT2D eigenvalue weighted by Crippen LogP contribution is -2.38. The summed E-state index contributed by atoms with van der Waals surface area (Å²) in [6.07, 6.45) is 0. The minimum absolute atomic E-state index is 0.363. The molecule has 110 valence electrons. The fraction of sp³-hybridized carbons (Fsp3) is 0.188. The first-order chi connectivity index (χ1) is 9.96. The molecule has 1 amide bonds. The Morgan fingerprint density at radius 3 is 2.29 bits per heavy atom. The van der Waals surface area contributed by atoms with Crippen LogP contribution in [0, 0.1) is 0 Å². The van der Waals surface area contributed by atoms with Crippen LogP contribution in [0.4, 0.5) is 8.78 Å². The summed E-state index contributed by atoms with van der Waals surface area (Å²) in [5.41, 5.74) is 1.07. The van der Waals surface area contributed by atoms with Crippen molar-refractivity contribution in [1.29, 1.82) is 0 Å². The molecule has 3 nitrogen and oxygen atoms in total. The van der Waals surface area contributed by atoms with Gasteiger partial charge in [-0.05, 0) is 17.2 Å². The number of nitrogens with zero attached hydrogens (tertiary/aromatic N) is 1. The van der Waals surface area contributed by atoms with Crippen molar-refractivity contribution in [2.24, 2.45) is 0 Å². The number of rotatable bonds is 4. The minimum Gasteiger partial charge on any atom is -0.274 e. The summed E-state index contributed by atoms with van der Waals surface area (Å²) in [7, 11) is 2.31. The molecule has 0 radical (unpaired) electrons. The average Bonchev–Trinajstić information content (AvgIpc) is 2.54. The van der Waals surface area contributed by atoms with Crippen LogP contribution in [0.2, 0.25) is 0 Å². The summed E-state index contributed by atoms with van der Waals surface area (Å²) >= 11 is 0. The highest BCUT2D eigenvalue weighted by molar-refractivity contribution is 5.84. The second-order valence-corrected chi connectivity index (χ2v) is 4.51. The number of carbonyl (C=O) groups excluding carboxylic acids is 1. The maximum absolute atomic E-state index is 14.2. The SMILES string of the molecule is CON(C)C(=O)C(F)(F)c1cccc(-c2ccccc2)c1. The van der Waals surface area contributed by atoms with Crippen LogP contribution in [-0.4, -0.2) is 25.1 Å². The lowest BCUT2D eigenvalue weighted by molar-refractivity contribution is -0.195. The Morgan fingerprint density at radius 1 is 1.05 bits per heavy atom. The van der Waals surface area contributed by atoms with Gasteiger partial charge >= 0.3 is 11.8 Å². The quantitative estimate of drug-likeness (QED) is 0.807. The largest absolute Gasteiger partial charge is 0.352 e. The van der Waals surface area contributed by atoms with Crippen molar-refractivity contribution in [1.82, 2.24) is 5.06 Å². The lowest BCUT2D eigenvalue weighted by atomic mass is 10.00. The lowest BCUT2D eigenvalue weighted by Gasteiger charge is -2.21. The van der Waals surface area contributed by atoms with Gasteiger partial charge in [0.15, 0.2) is 0 Å². The summed E-state index contributed by atoms with van der Waals surface area (Å²) in [6.45, 7) is 0. The van der Waals surface area contributed by atoms with Gasteiger partial charge in [0.05, 0.1) is 7.11 Å². The molecule has 0 aliphatic heterocycles. The van der Waals surface area contributed by atoms with Crippen molar-refractivity contribution in [3.8, 4) is 11.1 Å². The minimum atomic E-state index is -3.64. The first kappa shape index (κ1) is 15.1. The van der Waals surface area contributed by atoms with Gasteiger partial charge in [-0.25, -0.2) is 5.06 Å². The zero-order valence-corrected chi connectivity index (χ0v) is 11.7. The second kappa shape index (κ2) is 6.01. The number of alkyl halides is 2. The van der Waals surface area contributed by atoms with E-state index in [4.69, 9.17) is 0 Å². The van der Waals surface area contributed by atoms with Crippen LogP contribution in [0.5, 0.6) is 0 Å². The summed E-state index contributed by atoms with van der Waals surface area (Å²) in [4.78, 5) is 16.2. The smallest absolute Gasteiger partial charge is 0.274 e. The number of hydroxylamine groups is 2. The van der Waals surface area contributed by atoms with E-state index in [-0.39, 0.29) is 5.56 Å². The van der Waals surface area contributed by atoms with Crippen molar-refractivity contribution in [2.45, 2.75) is 5.92 Å². The zero-order valence-electron chi connectivity index (χ0n) is 11.7. The molecule has 0 unspecified atom stereocenters. The number of likely N-dealkylation sites (N-methyl/N-ethyl adjacent to an activating group) is 1. The Labute approximate surface area is 121 Å². The van der Waals surface area contributed by atoms with E-state index in [1.54, 1.807) is 6.07 Å². The van der Waals surface area contributed by atoms with Crippen molar-refractivity contribution in [3.05, 3.63) is 60.2 Å². The molecule has 2 rings (SSSR count). The van der Waals surface area contributed by atoms with Gasteiger partial charge in [0.1, 0.15) is 0 Å². The second-order valence-electron chi connectivity index (χ2n) is 4.51. The molecule has 0 aromatic heterocycles. The molecule has 0 saturated carbocycles. The van der Waals surface area contributed by atoms with Gasteiger partial charge in [0.25, 0.3) is 0 Å². The van der Waals surface area contributed by atoms with E-state index in [2.05, 4.69) is 4.84 Å². The molecule has 0 saturated heterocycles. The predicted octanol–water partition coefficient (Wildman–Crippen LogP) is 3.47. The molecule has 0 fully saturated rings. The van der Waals surface area contributed by atoms with E-state index < -0.39 is 11.8 Å². The van der Waals surface area contributed by atoms with Crippen molar-refractivity contribution in [2.75, 3.05) is 14.2 Å². The van der Waals surface area contributed by atoms with Crippen LogP contribution in [0.1, 0.15) is 5.56 Å². The number of hydrogen-bond acceptors (Lipinski definition) is 2. The molecule has 0 heterocycles. The van der Waals surface area contributed by atoms with Gasteiger partial charge in [0, 0.05) is 12.6 Å². The van der Waals surface area contributed by atoms with Crippen LogP contribution in [0.25, 0.3) is 11.1 Å². The molecule has 0 atom stereocenters. The maximum atomic E-state index is 14.2. The monoisotopic (exact) mass is 291 g/mol. The van der Waals surface area contributed by atoms with Crippen LogP contribution in [0.15, 0.2) is 54.6 Å². The molecule has 21 heavy (non-hydrogen) atoms. The number of halogens is 2. The highest BCUT2D eigenvalue weighted by atomic mass is 19.3. The third-order valence-corrected chi connectivity index (χ3v) is 3.16. The third-order valence-electron chi connectivity index (χ3n) is 3.16. The molecule has 0 aliphatic carbocycles. The molecule has 2 aromatic rings. The van der Waals surface area contributed by atoms with Crippen LogP contribution >= 0.6 is 0 Å². The number of benzene rings is 2. The van der Waals surface area contributed by atoms with Crippen molar-refractivity contribution < 1.29 is 18.4 Å². The number of carbonyl (C=O) groups is 1. The predicted molar refractivity (Wildman–Crippen MR) is 75.6 cm³/mol. The normalized spacial score (nSPS) is 11.2. The molecule has 0 aliphatic rings. The maximum Gasteiger partial charge on any atom is 0.352 e. The summed E-state index contributed by atoms with van der Waals surface area (Å²) in [5.74, 6) is -5.05. The van der Waals surface area contributed by atoms with Gasteiger partial charge in [-0.3, -0.25) is 9.63 Å². The standard InChI is InChI=1S/C16H15F2NO2/c1-19(21-2)15(20)16(17,18)14-10-6-9-13(11-14)12-7-4-3-5-8-12/h3-11H,1-2H3. The van der Waals surface area contributed by atoms with Gasteiger partial charge in [-0.15, -0.1) is 0 Å². The highest BCUT2D eigenvalue weighted by Gasteiger charge is 2.43. The van der Waals surface area contributed by atoms with Crippen LogP contribution < -0.4 is 0 Å². The first-order valence-electron chi connectivity index (χ1n) is 6.33. The number of amides is 1. The summed E-state index contributed by atoms with van der Waals surface area (Å²) < 4.78 is 28.4. The first-order valence-corrected chi connectivity index (χ1v) is 6.33. The van der Waals surface area contributed by atoms with Gasteiger partial charge in [-0.2, -0.15) is 8.78 Å². The molecule has 5 heteroatoms.